The lowest BCUT2D eigenvalue weighted by atomic mass is 9.78. The Labute approximate surface area is 742 Å². The molecule has 0 spiro atoms. The molecule has 0 radical (unpaired) electrons. The maximum absolute atomic E-state index is 14.8. The van der Waals surface area contributed by atoms with E-state index in [4.69, 9.17) is 59.0 Å². The number of nitrogens with two attached hydrogens (primary N) is 2. The Hall–Kier alpha value is -9.80. The zero-order valence-electron chi connectivity index (χ0n) is 75.4. The van der Waals surface area contributed by atoms with Crippen molar-refractivity contribution < 1.29 is 96.4 Å². The lowest BCUT2D eigenvalue weighted by Crippen LogP contribution is -2.61. The number of piperazine rings is 1. The molecule has 2 bridgehead atoms. The maximum Gasteiger partial charge on any atom is 0.329 e. The fourth-order valence-corrected chi connectivity index (χ4v) is 17.2. The Bertz CT molecular complexity index is 4610. The van der Waals surface area contributed by atoms with Gasteiger partial charge in [-0.05, 0) is 145 Å². The summed E-state index contributed by atoms with van der Waals surface area (Å²) in [5.41, 5.74) is 17.4. The lowest BCUT2D eigenvalue weighted by molar-refractivity contribution is -0.265. The molecule has 11 N–H and O–H groups in total. The number of unbranched alkanes of at least 4 members (excludes halogenated alkanes) is 1. The van der Waals surface area contributed by atoms with Gasteiger partial charge in [0, 0.05) is 141 Å². The lowest BCUT2D eigenvalue weighted by Gasteiger charge is -2.43. The molecule has 3 saturated heterocycles. The Balaban J connectivity index is 0.659. The summed E-state index contributed by atoms with van der Waals surface area (Å²) in [6.45, 7) is 16.6. The summed E-state index contributed by atoms with van der Waals surface area (Å²) < 4.78 is 48.8. The van der Waals surface area contributed by atoms with Crippen molar-refractivity contribution in [3.63, 3.8) is 0 Å². The van der Waals surface area contributed by atoms with Crippen LogP contribution in [0, 0.1) is 35.5 Å². The number of Topliss-reactive ketones (excluding diaryl/α,β-unsaturated/α-hetero) is 1. The minimum atomic E-state index is -2.47. The fraction of sp³-hybridized carbons (Fsp3) is 0.644. The molecule has 5 aromatic rings. The van der Waals surface area contributed by atoms with Crippen molar-refractivity contribution in [1.29, 1.82) is 0 Å². The molecule has 16 atom stereocenters. The Morgan fingerprint density at radius 3 is 2.28 bits per heavy atom. The van der Waals surface area contributed by atoms with Crippen molar-refractivity contribution in [2.24, 2.45) is 40.7 Å². The van der Waals surface area contributed by atoms with E-state index in [1.807, 2.05) is 75.1 Å². The largest absolute Gasteiger partial charge is 0.460 e. The predicted octanol–water partition coefficient (Wildman–Crippen LogP) is 5.71. The van der Waals surface area contributed by atoms with Crippen molar-refractivity contribution in [1.82, 2.24) is 65.4 Å². The molecule has 4 aromatic heterocycles. The number of oxazole rings is 1. The molecule has 1 aromatic carbocycles. The van der Waals surface area contributed by atoms with Gasteiger partial charge in [-0.3, -0.25) is 33.7 Å². The molecule has 37 heteroatoms. The first-order chi connectivity index (χ1) is 60.9. The first-order valence-corrected chi connectivity index (χ1v) is 44.5. The standard InChI is InChI=1S/C90H133N17O20/c1-55-19-13-12-14-20-56(2)71(119-9)46-65-25-22-61(7)90(118,127-65)83(115)86(116)106-31-17-15-21-67(106)87(117)125-72(58(4)43-62-23-26-68(108)73(44-62)120-10)47-69(109)57(3)42-60(6)81(114)82(121-11)79(59(5)41-55)102-124-53-76(112)95-48-63-49-96-89(97-50-63)105-35-33-104(34-36-105)77(113)52-103(8)51-75(111)94-30-38-123-40-39-122-37-28-74(110)93-29-16-18-32-107-85-78(84(91)98-54-99-85)80(101-107)64-24-27-70-66(45-64)100-88(92)126-70/h12-14,19-20,24,27,42,45,49-50,54-55,57-59,61-62,65,67-69,71-73,81-82,108-109,114,118H,15-18,21-23,25-26,28-41,43-44,46-48,51-53H2,1-11H3,(H2,92,100)(H,93,110)(H,94,111)(H,95,112)(H2,91,98,99)/b14-12?,19-13+,56-20?,60-42+,102-79?/t55-,57-,58-,59-,61-,62+,65+,67+,68-,69-,71+,72+,73-,81-,82+,90-/m1/s1. The van der Waals surface area contributed by atoms with Crippen molar-refractivity contribution in [2.45, 2.75) is 219 Å². The zero-order chi connectivity index (χ0) is 91.4. The van der Waals surface area contributed by atoms with Gasteiger partial charge in [-0.15, -0.1) is 0 Å². The number of nitrogen functional groups attached to an aromatic ring is 2. The number of oxime groups is 1. The second-order valence-electron chi connectivity index (χ2n) is 34.5. The van der Waals surface area contributed by atoms with Crippen LogP contribution in [0.2, 0.25) is 0 Å². The van der Waals surface area contributed by atoms with E-state index < -0.39 is 102 Å². The number of nitrogens with one attached hydrogen (secondary N) is 3. The molecule has 127 heavy (non-hydrogen) atoms. The minimum Gasteiger partial charge on any atom is -0.460 e. The number of hydrogen-bond acceptors (Lipinski definition) is 31. The zero-order valence-corrected chi connectivity index (χ0v) is 75.4. The number of carbonyl (C=O) groups excluding carboxylic acids is 7. The first-order valence-electron chi connectivity index (χ1n) is 44.5. The molecule has 4 fully saturated rings. The summed E-state index contributed by atoms with van der Waals surface area (Å²) in [6, 6.07) is 4.35. The topological polar surface area (TPSA) is 483 Å². The molecular weight excluding hydrogens is 1640 g/mol. The van der Waals surface area contributed by atoms with Crippen LogP contribution in [0.3, 0.4) is 0 Å². The van der Waals surface area contributed by atoms with E-state index in [9.17, 15) is 54.0 Å². The maximum atomic E-state index is 14.8. The number of esters is 1. The number of hydrogen-bond donors (Lipinski definition) is 9. The van der Waals surface area contributed by atoms with E-state index in [0.29, 0.717) is 166 Å². The number of ether oxygens (including phenoxy) is 7. The van der Waals surface area contributed by atoms with E-state index in [2.05, 4.69) is 46.0 Å². The number of nitrogens with zero attached hydrogens (tertiary/aromatic N) is 12. The van der Waals surface area contributed by atoms with Crippen molar-refractivity contribution in [3.8, 4) is 11.3 Å². The highest BCUT2D eigenvalue weighted by Gasteiger charge is 2.53. The van der Waals surface area contributed by atoms with E-state index in [1.54, 1.807) is 81.1 Å². The number of aliphatic hydroxyl groups is 4. The molecule has 5 aliphatic rings. The van der Waals surface area contributed by atoms with Crippen LogP contribution in [0.25, 0.3) is 33.4 Å². The molecule has 8 heterocycles. The van der Waals surface area contributed by atoms with Crippen LogP contribution in [0.5, 0.6) is 0 Å². The van der Waals surface area contributed by atoms with Crippen molar-refractivity contribution in [2.75, 3.05) is 137 Å². The molecule has 0 unspecified atom stereocenters. The second-order valence-corrected chi connectivity index (χ2v) is 34.5. The van der Waals surface area contributed by atoms with E-state index in [0.717, 1.165) is 11.1 Å². The summed E-state index contributed by atoms with van der Waals surface area (Å²) in [7, 11) is 6.28. The predicted molar refractivity (Wildman–Crippen MR) is 473 cm³/mol. The highest BCUT2D eigenvalue weighted by molar-refractivity contribution is 6.39. The molecule has 10 rings (SSSR count). The summed E-state index contributed by atoms with van der Waals surface area (Å²) in [5.74, 6) is -7.79. The van der Waals surface area contributed by atoms with Gasteiger partial charge < -0.3 is 105 Å². The van der Waals surface area contributed by atoms with Gasteiger partial charge in [0.2, 0.25) is 29.5 Å². The van der Waals surface area contributed by atoms with Crippen LogP contribution in [-0.4, -0.2) is 298 Å². The molecule has 4 aliphatic heterocycles. The van der Waals surface area contributed by atoms with Crippen LogP contribution in [0.15, 0.2) is 94.1 Å². The number of aromatic nitrogens is 7. The van der Waals surface area contributed by atoms with E-state index in [1.165, 1.54) is 18.3 Å². The average Bonchev–Trinajstić information content (AvgIpc) is 1.73. The van der Waals surface area contributed by atoms with Gasteiger partial charge in [0.25, 0.3) is 23.6 Å². The third-order valence-electron chi connectivity index (χ3n) is 24.7. The highest BCUT2D eigenvalue weighted by atomic mass is 16.6. The number of cyclic esters (lactones) is 1. The normalized spacial score (nSPS) is 27.4. The molecule has 1 saturated carbocycles. The number of anilines is 3. The average molecular weight is 1770 g/mol. The van der Waals surface area contributed by atoms with Crippen LogP contribution in [0.1, 0.15) is 150 Å². The van der Waals surface area contributed by atoms with Gasteiger partial charge in [0.1, 0.15) is 47.7 Å². The van der Waals surface area contributed by atoms with Crippen LogP contribution < -0.4 is 32.3 Å². The van der Waals surface area contributed by atoms with Gasteiger partial charge in [-0.1, -0.05) is 76.2 Å². The fourth-order valence-electron chi connectivity index (χ4n) is 17.2. The smallest absolute Gasteiger partial charge is 0.329 e. The van der Waals surface area contributed by atoms with Gasteiger partial charge in [-0.2, -0.15) is 10.1 Å². The van der Waals surface area contributed by atoms with Crippen molar-refractivity contribution in [3.05, 3.63) is 90.1 Å². The number of amides is 5. The number of carbonyl (C=O) groups is 7. The van der Waals surface area contributed by atoms with E-state index >= 15 is 0 Å². The SMILES string of the molecule is CO[C@H]1C[C@@H]2CC[C@@H](C)[C@@](O)(O2)C(=O)C(=O)N2CCCC[C@H]2C(=O)O[C@H]([C@H](C)C[C@@H]2CC[C@@H](O)[C@H](OC)C2)C[C@@H](O)[C@H](C)/C=C(\C)[C@@H](O)[C@@H](OC)C(=NOCC(=O)NCc2cnc(N3CCN(C(=O)CN(C)CC(=O)NCCOCCOCCC(=O)NCCCCn4nc(-c5ccc6oc(N)nc6c5)c5c(N)ncnc54)CC3)nc2)[C@H](C)C[C@H](C)/C=C/C=CC=C1C. The second kappa shape index (κ2) is 48.6. The number of fused-ring (bicyclic) bond motifs is 5. The molecule has 5 amide bonds. The summed E-state index contributed by atoms with van der Waals surface area (Å²) >= 11 is 0. The van der Waals surface area contributed by atoms with Crippen LogP contribution in [0.4, 0.5) is 17.8 Å². The minimum absolute atomic E-state index is 0.000395. The van der Waals surface area contributed by atoms with Gasteiger partial charge >= 0.3 is 5.97 Å². The molecular formula is C90H133N17O20. The first kappa shape index (κ1) is 99.4. The van der Waals surface area contributed by atoms with Gasteiger partial charge in [0.15, 0.2) is 17.8 Å². The third kappa shape index (κ3) is 28.1. The molecule has 1 aliphatic carbocycles. The number of aliphatic hydroxyl groups excluding tert-OH is 3. The van der Waals surface area contributed by atoms with Crippen LogP contribution in [-0.2, 0) is 84.6 Å². The number of benzene rings is 1. The van der Waals surface area contributed by atoms with E-state index in [-0.39, 0.29) is 132 Å². The number of likely N-dealkylation sites (N-methyl/N-ethyl adjacent to an activating group) is 1. The third-order valence-corrected chi connectivity index (χ3v) is 24.7. The van der Waals surface area contributed by atoms with Crippen LogP contribution >= 0.6 is 0 Å². The summed E-state index contributed by atoms with van der Waals surface area (Å²) in [6.07, 6.45) is 16.1. The Kier molecular flexibility index (Phi) is 38.0. The molecule has 698 valence electrons. The van der Waals surface area contributed by atoms with Gasteiger partial charge in [-0.25, -0.2) is 29.4 Å². The summed E-state index contributed by atoms with van der Waals surface area (Å²) in [4.78, 5) is 130. The number of aryl methyl sites for hydroxylation is 1. The van der Waals surface area contributed by atoms with Gasteiger partial charge in [0.05, 0.1) is 81.1 Å². The number of methoxy groups -OCH3 is 3. The monoisotopic (exact) mass is 1770 g/mol. The number of allylic oxidation sites excluding steroid dienone is 5. The number of ketones is 1. The molecule has 37 nitrogen and oxygen atoms in total. The van der Waals surface area contributed by atoms with Crippen molar-refractivity contribution >= 4 is 86.9 Å². The Morgan fingerprint density at radius 2 is 1.53 bits per heavy atom. The Morgan fingerprint density at radius 1 is 0.772 bits per heavy atom. The summed E-state index contributed by atoms with van der Waals surface area (Å²) in [5, 5.41) is 66.0. The quantitative estimate of drug-likeness (QED) is 0.00843. The number of piperidine rings is 1. The number of rotatable bonds is 31. The highest BCUT2D eigenvalue weighted by Crippen LogP contribution is 2.40.